The second kappa shape index (κ2) is 4.32. The lowest BCUT2D eigenvalue weighted by atomic mass is 10.5. The lowest BCUT2D eigenvalue weighted by Gasteiger charge is -2.02. The first-order valence-corrected chi connectivity index (χ1v) is 4.54. The van der Waals surface area contributed by atoms with Crippen LogP contribution in [0.15, 0.2) is 12.3 Å². The molecule has 0 aromatic heterocycles. The van der Waals surface area contributed by atoms with Crippen LogP contribution < -0.4 is 0 Å². The van der Waals surface area contributed by atoms with Gasteiger partial charge in [0.1, 0.15) is 0 Å². The minimum Gasteiger partial charge on any atom is -0.469 e. The van der Waals surface area contributed by atoms with Gasteiger partial charge in [-0.25, -0.2) is 0 Å². The van der Waals surface area contributed by atoms with Crippen molar-refractivity contribution in [1.82, 2.24) is 0 Å². The Morgan fingerprint density at radius 3 is 2.78 bits per heavy atom. The third-order valence-corrected chi connectivity index (χ3v) is 2.50. The summed E-state index contributed by atoms with van der Waals surface area (Å²) in [4.78, 5) is 10.7. The van der Waals surface area contributed by atoms with Crippen molar-refractivity contribution in [3.8, 4) is 0 Å². The molecular weight excluding hydrogens is 132 g/mol. The molecule has 0 aliphatic rings. The fourth-order valence-corrected chi connectivity index (χ4v) is 1.41. The minimum absolute atomic E-state index is 0.0903. The van der Waals surface area contributed by atoms with Crippen molar-refractivity contribution in [2.24, 2.45) is 0 Å². The Morgan fingerprint density at radius 1 is 1.89 bits per heavy atom. The Bertz CT molecular complexity index is 112. The number of esters is 1. The number of methoxy groups -OCH3 is 1. The van der Waals surface area contributed by atoms with Crippen molar-refractivity contribution in [1.29, 1.82) is 0 Å². The van der Waals surface area contributed by atoms with Crippen LogP contribution in [0.4, 0.5) is 0 Å². The van der Waals surface area contributed by atoms with Crippen molar-refractivity contribution in [3.63, 3.8) is 0 Å². The first-order valence-electron chi connectivity index (χ1n) is 2.91. The van der Waals surface area contributed by atoms with Gasteiger partial charge in [0, 0.05) is 5.54 Å². The summed E-state index contributed by atoms with van der Waals surface area (Å²) in [6.45, 7) is 5.45. The third-order valence-electron chi connectivity index (χ3n) is 1.12. The van der Waals surface area contributed by atoms with Gasteiger partial charge in [-0.2, -0.15) is 0 Å². The van der Waals surface area contributed by atoms with E-state index in [4.69, 9.17) is 0 Å². The van der Waals surface area contributed by atoms with Gasteiger partial charge >= 0.3 is 5.97 Å². The first kappa shape index (κ1) is 8.43. The quantitative estimate of drug-likeness (QED) is 0.420. The summed E-state index contributed by atoms with van der Waals surface area (Å²) >= 11 is 0. The predicted molar refractivity (Wildman–Crippen MR) is 40.2 cm³/mol. The maximum atomic E-state index is 10.7. The van der Waals surface area contributed by atoms with E-state index in [2.05, 4.69) is 11.3 Å². The molecule has 1 unspecified atom stereocenters. The Labute approximate surface area is 57.7 Å². The van der Waals surface area contributed by atoms with Crippen molar-refractivity contribution in [3.05, 3.63) is 12.3 Å². The lowest BCUT2D eigenvalue weighted by Crippen LogP contribution is -2.11. The normalized spacial score (nSPS) is 13.6. The molecule has 0 saturated heterocycles. The monoisotopic (exact) mass is 144 g/mol. The molecule has 0 heterocycles. The van der Waals surface area contributed by atoms with Crippen LogP contribution in [-0.4, -0.2) is 22.6 Å². The fourth-order valence-electron chi connectivity index (χ4n) is 0.547. The topological polar surface area (TPSA) is 26.3 Å². The molecular formula is C6H12O2Si. The third kappa shape index (κ3) is 3.08. The number of rotatable bonds is 3. The van der Waals surface area contributed by atoms with Crippen LogP contribution >= 0.6 is 0 Å². The second-order valence-corrected chi connectivity index (χ2v) is 4.22. The molecule has 0 spiro atoms. The Morgan fingerprint density at radius 2 is 2.44 bits per heavy atom. The molecule has 52 valence electrons. The Hall–Kier alpha value is -0.573. The van der Waals surface area contributed by atoms with Gasteiger partial charge in [-0.3, -0.25) is 4.79 Å². The zero-order valence-corrected chi connectivity index (χ0v) is 7.30. The van der Waals surface area contributed by atoms with E-state index in [1.165, 1.54) is 7.11 Å². The molecule has 0 aliphatic heterocycles. The highest BCUT2D eigenvalue weighted by Crippen LogP contribution is 2.01. The SMILES string of the molecule is C=C[SiH2]C(C)C(=O)OC. The van der Waals surface area contributed by atoms with Gasteiger partial charge in [0.05, 0.1) is 16.6 Å². The largest absolute Gasteiger partial charge is 0.469 e. The van der Waals surface area contributed by atoms with E-state index >= 15 is 0 Å². The zero-order chi connectivity index (χ0) is 7.28. The molecule has 2 nitrogen and oxygen atoms in total. The van der Waals surface area contributed by atoms with Crippen LogP contribution in [-0.2, 0) is 9.53 Å². The van der Waals surface area contributed by atoms with Gasteiger partial charge in [-0.15, -0.1) is 12.3 Å². The van der Waals surface area contributed by atoms with E-state index in [0.717, 1.165) is 0 Å². The van der Waals surface area contributed by atoms with Gasteiger partial charge in [0.25, 0.3) is 0 Å². The summed E-state index contributed by atoms with van der Waals surface area (Å²) in [5, 5.41) is 0. The average Bonchev–Trinajstić information content (AvgIpc) is 1.87. The maximum Gasteiger partial charge on any atom is 0.305 e. The van der Waals surface area contributed by atoms with Crippen LogP contribution in [0.1, 0.15) is 6.92 Å². The van der Waals surface area contributed by atoms with E-state index in [-0.39, 0.29) is 11.5 Å². The summed E-state index contributed by atoms with van der Waals surface area (Å²) in [5.74, 6) is -0.110. The highest BCUT2D eigenvalue weighted by molar-refractivity contribution is 6.48. The predicted octanol–water partition coefficient (Wildman–Crippen LogP) is 0.280. The molecule has 0 rings (SSSR count). The zero-order valence-electron chi connectivity index (χ0n) is 5.89. The number of carbonyl (C=O) groups excluding carboxylic acids is 1. The highest BCUT2D eigenvalue weighted by Gasteiger charge is 2.09. The molecule has 0 bridgehead atoms. The molecule has 0 aliphatic carbocycles. The van der Waals surface area contributed by atoms with Crippen LogP contribution in [0, 0.1) is 0 Å². The molecule has 1 atom stereocenters. The van der Waals surface area contributed by atoms with E-state index in [0.29, 0.717) is 0 Å². The molecule has 9 heavy (non-hydrogen) atoms. The standard InChI is InChI=1S/C6H12O2Si/c1-4-9-5(2)6(7)8-3/h4-5H,1,9H2,2-3H3. The summed E-state index contributed by atoms with van der Waals surface area (Å²) < 4.78 is 4.51. The fraction of sp³-hybridized carbons (Fsp3) is 0.500. The van der Waals surface area contributed by atoms with E-state index < -0.39 is 9.52 Å². The molecule has 0 radical (unpaired) electrons. The number of hydrogen-bond donors (Lipinski definition) is 0. The smallest absolute Gasteiger partial charge is 0.305 e. The van der Waals surface area contributed by atoms with Crippen molar-refractivity contribution >= 4 is 15.5 Å². The van der Waals surface area contributed by atoms with Crippen molar-refractivity contribution in [2.45, 2.75) is 12.5 Å². The molecule has 0 aromatic carbocycles. The number of ether oxygens (including phenoxy) is 1. The Kier molecular flexibility index (Phi) is 4.04. The molecule has 0 amide bonds. The highest BCUT2D eigenvalue weighted by atomic mass is 28.2. The lowest BCUT2D eigenvalue weighted by molar-refractivity contribution is -0.140. The number of hydrogen-bond acceptors (Lipinski definition) is 2. The van der Waals surface area contributed by atoms with Crippen LogP contribution in [0.25, 0.3) is 0 Å². The summed E-state index contributed by atoms with van der Waals surface area (Å²) in [5.41, 5.74) is 1.94. The van der Waals surface area contributed by atoms with Crippen LogP contribution in [0.2, 0.25) is 5.54 Å². The van der Waals surface area contributed by atoms with Gasteiger partial charge in [-0.05, 0) is 0 Å². The molecule has 0 N–H and O–H groups in total. The van der Waals surface area contributed by atoms with Gasteiger partial charge in [0.15, 0.2) is 0 Å². The molecule has 0 fully saturated rings. The molecule has 3 heteroatoms. The Balaban J connectivity index is 3.58. The summed E-state index contributed by atoms with van der Waals surface area (Å²) in [6, 6.07) is 0. The van der Waals surface area contributed by atoms with Gasteiger partial charge < -0.3 is 4.74 Å². The van der Waals surface area contributed by atoms with Gasteiger partial charge in [0.2, 0.25) is 0 Å². The molecule has 0 aromatic rings. The maximum absolute atomic E-state index is 10.7. The van der Waals surface area contributed by atoms with Crippen molar-refractivity contribution in [2.75, 3.05) is 7.11 Å². The van der Waals surface area contributed by atoms with E-state index in [1.54, 1.807) is 0 Å². The van der Waals surface area contributed by atoms with Gasteiger partial charge in [-0.1, -0.05) is 6.92 Å². The van der Waals surface area contributed by atoms with Crippen LogP contribution in [0.3, 0.4) is 0 Å². The number of carbonyl (C=O) groups is 1. The summed E-state index contributed by atoms with van der Waals surface area (Å²) in [7, 11) is 0.990. The van der Waals surface area contributed by atoms with E-state index in [9.17, 15) is 4.79 Å². The van der Waals surface area contributed by atoms with Crippen LogP contribution in [0.5, 0.6) is 0 Å². The summed E-state index contributed by atoms with van der Waals surface area (Å²) in [6.07, 6.45) is 0. The molecule has 0 saturated carbocycles. The van der Waals surface area contributed by atoms with E-state index in [1.807, 2.05) is 12.6 Å². The average molecular weight is 144 g/mol. The second-order valence-electron chi connectivity index (χ2n) is 1.95. The van der Waals surface area contributed by atoms with Crippen molar-refractivity contribution < 1.29 is 9.53 Å². The minimum atomic E-state index is -0.423. The first-order chi connectivity index (χ1) is 4.22.